The van der Waals surface area contributed by atoms with Gasteiger partial charge >= 0.3 is 0 Å². The number of benzene rings is 1. The van der Waals surface area contributed by atoms with Gasteiger partial charge in [0.25, 0.3) is 5.56 Å². The zero-order chi connectivity index (χ0) is 15.8. The summed E-state index contributed by atoms with van der Waals surface area (Å²) in [4.78, 5) is 20.6. The van der Waals surface area contributed by atoms with Crippen molar-refractivity contribution in [2.75, 3.05) is 18.0 Å². The van der Waals surface area contributed by atoms with E-state index in [-0.39, 0.29) is 5.56 Å². The number of thiophene rings is 1. The lowest BCUT2D eigenvalue weighted by Gasteiger charge is -2.29. The molecule has 0 saturated carbocycles. The second kappa shape index (κ2) is 5.81. The third kappa shape index (κ3) is 2.55. The van der Waals surface area contributed by atoms with Gasteiger partial charge in [-0.05, 0) is 48.9 Å². The van der Waals surface area contributed by atoms with Gasteiger partial charge in [0, 0.05) is 25.8 Å². The third-order valence-electron chi connectivity index (χ3n) is 4.54. The van der Waals surface area contributed by atoms with Crippen molar-refractivity contribution in [3.05, 3.63) is 46.1 Å². The van der Waals surface area contributed by atoms with Gasteiger partial charge in [0.2, 0.25) is 0 Å². The largest absolute Gasteiger partial charge is 0.371 e. The van der Waals surface area contributed by atoms with E-state index in [2.05, 4.69) is 22.0 Å². The van der Waals surface area contributed by atoms with Gasteiger partial charge in [-0.15, -0.1) is 11.3 Å². The van der Waals surface area contributed by atoms with Crippen molar-refractivity contribution in [3.8, 4) is 10.6 Å². The van der Waals surface area contributed by atoms with Crippen LogP contribution in [0.15, 0.2) is 40.5 Å². The second-order valence-corrected chi connectivity index (χ2v) is 6.97. The topological polar surface area (TPSA) is 38.1 Å². The molecule has 1 aliphatic rings. The Balaban J connectivity index is 1.87. The van der Waals surface area contributed by atoms with E-state index in [9.17, 15) is 4.79 Å². The van der Waals surface area contributed by atoms with Gasteiger partial charge < -0.3 is 9.47 Å². The minimum absolute atomic E-state index is 0.0364. The Hall–Kier alpha value is -2.14. The van der Waals surface area contributed by atoms with Crippen LogP contribution in [0.25, 0.3) is 21.6 Å². The van der Waals surface area contributed by atoms with Gasteiger partial charge in [-0.1, -0.05) is 6.07 Å². The van der Waals surface area contributed by atoms with Crippen LogP contribution in [0.1, 0.15) is 19.3 Å². The number of aromatic nitrogens is 2. The summed E-state index contributed by atoms with van der Waals surface area (Å²) in [6, 6.07) is 10.2. The van der Waals surface area contributed by atoms with Crippen LogP contribution in [0.4, 0.5) is 5.69 Å². The van der Waals surface area contributed by atoms with Crippen LogP contribution in [-0.4, -0.2) is 22.6 Å². The number of piperidine rings is 1. The molecule has 1 aliphatic heterocycles. The van der Waals surface area contributed by atoms with Crippen molar-refractivity contribution in [1.29, 1.82) is 0 Å². The first-order valence-electron chi connectivity index (χ1n) is 8.04. The van der Waals surface area contributed by atoms with Crippen LogP contribution >= 0.6 is 11.3 Å². The minimum atomic E-state index is -0.0364. The lowest BCUT2D eigenvalue weighted by Crippen LogP contribution is -2.29. The van der Waals surface area contributed by atoms with Gasteiger partial charge in [-0.2, -0.15) is 0 Å². The van der Waals surface area contributed by atoms with Gasteiger partial charge in [0.1, 0.15) is 5.69 Å². The van der Waals surface area contributed by atoms with Crippen molar-refractivity contribution >= 4 is 28.1 Å². The monoisotopic (exact) mass is 325 g/mol. The van der Waals surface area contributed by atoms with Gasteiger partial charge in [-0.3, -0.25) is 4.79 Å². The van der Waals surface area contributed by atoms with E-state index >= 15 is 0 Å². The molecule has 0 unspecified atom stereocenters. The lowest BCUT2D eigenvalue weighted by atomic mass is 10.1. The van der Waals surface area contributed by atoms with Crippen LogP contribution in [0.5, 0.6) is 0 Å². The van der Waals surface area contributed by atoms with E-state index in [0.29, 0.717) is 5.69 Å². The summed E-state index contributed by atoms with van der Waals surface area (Å²) in [6.45, 7) is 2.21. The molecule has 3 aromatic rings. The van der Waals surface area contributed by atoms with Crippen molar-refractivity contribution < 1.29 is 0 Å². The average Bonchev–Trinajstić information content (AvgIpc) is 3.13. The van der Waals surface area contributed by atoms with E-state index in [1.54, 1.807) is 15.9 Å². The molecule has 118 valence electrons. The van der Waals surface area contributed by atoms with E-state index in [1.807, 2.05) is 30.6 Å². The summed E-state index contributed by atoms with van der Waals surface area (Å²) >= 11 is 1.55. The fraction of sp³-hybridized carbons (Fsp3) is 0.333. The van der Waals surface area contributed by atoms with E-state index in [4.69, 9.17) is 0 Å². The third-order valence-corrected chi connectivity index (χ3v) is 5.41. The van der Waals surface area contributed by atoms with E-state index < -0.39 is 0 Å². The first kappa shape index (κ1) is 14.5. The standard InChI is InChI=1S/C18H19N3OS/c1-20-15-8-7-13(21-9-3-2-4-10-21)12-14(15)19-17(18(20)22)16-6-5-11-23-16/h5-8,11-12H,2-4,9-10H2,1H3. The normalized spacial score (nSPS) is 15.3. The van der Waals surface area contributed by atoms with Crippen LogP contribution in [0, 0.1) is 0 Å². The molecule has 1 saturated heterocycles. The fourth-order valence-electron chi connectivity index (χ4n) is 3.24. The molecule has 2 aromatic heterocycles. The van der Waals surface area contributed by atoms with Crippen molar-refractivity contribution in [2.45, 2.75) is 19.3 Å². The second-order valence-electron chi connectivity index (χ2n) is 6.02. The molecule has 4 rings (SSSR count). The first-order valence-corrected chi connectivity index (χ1v) is 8.91. The summed E-state index contributed by atoms with van der Waals surface area (Å²) in [7, 11) is 1.82. The summed E-state index contributed by atoms with van der Waals surface area (Å²) < 4.78 is 1.71. The highest BCUT2D eigenvalue weighted by atomic mass is 32.1. The summed E-state index contributed by atoms with van der Waals surface area (Å²) in [5.41, 5.74) is 3.49. The Labute approximate surface area is 139 Å². The Morgan fingerprint density at radius 2 is 1.96 bits per heavy atom. The quantitative estimate of drug-likeness (QED) is 0.722. The lowest BCUT2D eigenvalue weighted by molar-refractivity contribution is 0.578. The van der Waals surface area contributed by atoms with Gasteiger partial charge in [0.05, 0.1) is 15.9 Å². The molecular weight excluding hydrogens is 306 g/mol. The highest BCUT2D eigenvalue weighted by molar-refractivity contribution is 7.13. The number of hydrogen-bond acceptors (Lipinski definition) is 4. The number of nitrogens with zero attached hydrogens (tertiary/aromatic N) is 3. The van der Waals surface area contributed by atoms with Crippen LogP contribution in [-0.2, 0) is 7.05 Å². The summed E-state index contributed by atoms with van der Waals surface area (Å²) in [5, 5.41) is 1.98. The maximum atomic E-state index is 12.6. The Kier molecular flexibility index (Phi) is 3.65. The summed E-state index contributed by atoms with van der Waals surface area (Å²) in [5.74, 6) is 0. The number of fused-ring (bicyclic) bond motifs is 1. The molecule has 0 amide bonds. The molecular formula is C18H19N3OS. The molecule has 0 N–H and O–H groups in total. The molecule has 0 bridgehead atoms. The Morgan fingerprint density at radius 1 is 1.13 bits per heavy atom. The van der Waals surface area contributed by atoms with Crippen LogP contribution in [0.3, 0.4) is 0 Å². The van der Waals surface area contributed by atoms with Crippen LogP contribution in [0.2, 0.25) is 0 Å². The van der Waals surface area contributed by atoms with E-state index in [0.717, 1.165) is 29.0 Å². The maximum absolute atomic E-state index is 12.6. The zero-order valence-electron chi connectivity index (χ0n) is 13.2. The predicted octanol–water partition coefficient (Wildman–Crippen LogP) is 3.65. The van der Waals surface area contributed by atoms with Gasteiger partial charge in [-0.25, -0.2) is 4.98 Å². The smallest absolute Gasteiger partial charge is 0.278 e. The molecule has 4 nitrogen and oxygen atoms in total. The number of anilines is 1. The molecule has 5 heteroatoms. The number of aryl methyl sites for hydroxylation is 1. The molecule has 0 spiro atoms. The summed E-state index contributed by atoms with van der Waals surface area (Å²) in [6.07, 6.45) is 3.82. The maximum Gasteiger partial charge on any atom is 0.278 e. The number of rotatable bonds is 2. The fourth-order valence-corrected chi connectivity index (χ4v) is 3.95. The zero-order valence-corrected chi connectivity index (χ0v) is 14.0. The number of hydrogen-bond donors (Lipinski definition) is 0. The minimum Gasteiger partial charge on any atom is -0.371 e. The molecule has 0 aliphatic carbocycles. The molecule has 0 atom stereocenters. The highest BCUT2D eigenvalue weighted by Crippen LogP contribution is 2.26. The predicted molar refractivity (Wildman–Crippen MR) is 96.4 cm³/mol. The van der Waals surface area contributed by atoms with Gasteiger partial charge in [0.15, 0.2) is 0 Å². The van der Waals surface area contributed by atoms with Crippen molar-refractivity contribution in [3.63, 3.8) is 0 Å². The average molecular weight is 325 g/mol. The molecule has 1 fully saturated rings. The van der Waals surface area contributed by atoms with Crippen molar-refractivity contribution in [2.24, 2.45) is 7.05 Å². The molecule has 1 aromatic carbocycles. The molecule has 0 radical (unpaired) electrons. The molecule has 3 heterocycles. The van der Waals surface area contributed by atoms with E-state index in [1.165, 1.54) is 24.9 Å². The Morgan fingerprint density at radius 3 is 2.70 bits per heavy atom. The SMILES string of the molecule is Cn1c(=O)c(-c2cccs2)nc2cc(N3CCCCC3)ccc21. The van der Waals surface area contributed by atoms with Crippen LogP contribution < -0.4 is 10.5 Å². The molecule has 23 heavy (non-hydrogen) atoms. The first-order chi connectivity index (χ1) is 11.2. The highest BCUT2D eigenvalue weighted by Gasteiger charge is 2.15. The Bertz CT molecular complexity index is 893. The van der Waals surface area contributed by atoms with Crippen molar-refractivity contribution in [1.82, 2.24) is 9.55 Å².